The Kier molecular flexibility index (Phi) is 4.16. The fraction of sp³-hybridized carbons (Fsp3) is 0.727. The normalized spacial score (nSPS) is 42.6. The first-order valence-electron chi connectivity index (χ1n) is 10.1. The van der Waals surface area contributed by atoms with Crippen LogP contribution in [0.3, 0.4) is 0 Å². The maximum Gasteiger partial charge on any atom is 0.115 e. The Labute approximate surface area is 151 Å². The third-order valence-electron chi connectivity index (χ3n) is 7.82. The predicted molar refractivity (Wildman–Crippen MR) is 98.6 cm³/mol. The van der Waals surface area contributed by atoms with E-state index in [9.17, 15) is 15.3 Å². The first-order valence-corrected chi connectivity index (χ1v) is 10.1. The van der Waals surface area contributed by atoms with E-state index in [1.807, 2.05) is 12.1 Å². The number of fused-ring (bicyclic) bond motifs is 5. The molecule has 0 unspecified atom stereocenters. The lowest BCUT2D eigenvalue weighted by Gasteiger charge is -2.50. The highest BCUT2D eigenvalue weighted by molar-refractivity contribution is 5.40. The third kappa shape index (κ3) is 2.54. The molecule has 3 N–H and O–H groups in total. The zero-order valence-electron chi connectivity index (χ0n) is 15.5. The van der Waals surface area contributed by atoms with Gasteiger partial charge < -0.3 is 15.3 Å². The van der Waals surface area contributed by atoms with Gasteiger partial charge in [-0.25, -0.2) is 0 Å². The molecule has 4 rings (SSSR count). The van der Waals surface area contributed by atoms with Gasteiger partial charge in [0, 0.05) is 0 Å². The number of unbranched alkanes of at least 4 members (excludes halogenated alkanes) is 1. The van der Waals surface area contributed by atoms with E-state index < -0.39 is 11.7 Å². The van der Waals surface area contributed by atoms with Crippen LogP contribution in [0.1, 0.15) is 75.8 Å². The molecular formula is C22H32O3. The molecule has 0 radical (unpaired) electrons. The highest BCUT2D eigenvalue weighted by Gasteiger charge is 2.62. The van der Waals surface area contributed by atoms with Crippen molar-refractivity contribution in [2.45, 2.75) is 82.8 Å². The fourth-order valence-electron chi connectivity index (χ4n) is 6.47. The zero-order chi connectivity index (χ0) is 17.8. The van der Waals surface area contributed by atoms with Crippen molar-refractivity contribution in [3.63, 3.8) is 0 Å². The number of phenolic OH excluding ortho intramolecular Hbond substituents is 1. The van der Waals surface area contributed by atoms with Gasteiger partial charge in [-0.05, 0) is 85.0 Å². The molecule has 6 atom stereocenters. The Morgan fingerprint density at radius 2 is 2.04 bits per heavy atom. The van der Waals surface area contributed by atoms with E-state index in [0.717, 1.165) is 51.4 Å². The van der Waals surface area contributed by atoms with Gasteiger partial charge in [0.15, 0.2) is 0 Å². The van der Waals surface area contributed by atoms with Gasteiger partial charge in [-0.3, -0.25) is 0 Å². The quantitative estimate of drug-likeness (QED) is 0.772. The lowest BCUT2D eigenvalue weighted by Crippen LogP contribution is -2.47. The van der Waals surface area contributed by atoms with Crippen LogP contribution in [0.5, 0.6) is 5.75 Å². The summed E-state index contributed by atoms with van der Waals surface area (Å²) in [5.41, 5.74) is 1.64. The predicted octanol–water partition coefficient (Wildman–Crippen LogP) is 4.14. The number of hydrogen-bond donors (Lipinski definition) is 3. The van der Waals surface area contributed by atoms with Crippen molar-refractivity contribution < 1.29 is 15.3 Å². The van der Waals surface area contributed by atoms with E-state index in [1.165, 1.54) is 11.1 Å². The molecule has 0 amide bonds. The van der Waals surface area contributed by atoms with Gasteiger partial charge in [-0.2, -0.15) is 0 Å². The van der Waals surface area contributed by atoms with Crippen molar-refractivity contribution in [3.05, 3.63) is 29.3 Å². The largest absolute Gasteiger partial charge is 0.508 e. The molecule has 0 heterocycles. The Morgan fingerprint density at radius 3 is 2.80 bits per heavy atom. The monoisotopic (exact) mass is 344 g/mol. The molecule has 0 aromatic heterocycles. The van der Waals surface area contributed by atoms with Crippen molar-refractivity contribution in [1.82, 2.24) is 0 Å². The minimum atomic E-state index is -0.903. The van der Waals surface area contributed by atoms with Crippen LogP contribution in [0.2, 0.25) is 0 Å². The summed E-state index contributed by atoms with van der Waals surface area (Å²) in [5.74, 6) is 1.82. The maximum absolute atomic E-state index is 11.2. The number of aliphatic hydroxyl groups excluding tert-OH is 1. The average Bonchev–Trinajstić information content (AvgIpc) is 2.81. The van der Waals surface area contributed by atoms with Crippen LogP contribution in [-0.2, 0) is 6.42 Å². The first-order chi connectivity index (χ1) is 11.9. The van der Waals surface area contributed by atoms with Crippen molar-refractivity contribution in [2.24, 2.45) is 17.3 Å². The second kappa shape index (κ2) is 5.99. The molecule has 1 aromatic carbocycles. The summed E-state index contributed by atoms with van der Waals surface area (Å²) in [6.07, 6.45) is 7.08. The molecule has 25 heavy (non-hydrogen) atoms. The average molecular weight is 344 g/mol. The standard InChI is InChI=1S/C22H32O3/c1-3-4-10-22(25)13-19-18-7-5-14-12-15(23)6-8-16(14)17(18)9-11-21(19,2)20(22)24/h6,8,12,17-20,23-25H,3-5,7,9-11,13H2,1-2H3/t17-,18-,19+,20-,21+,22+/m1/s1. The minimum Gasteiger partial charge on any atom is -0.508 e. The number of phenols is 1. The zero-order valence-corrected chi connectivity index (χ0v) is 15.5. The number of aliphatic hydroxyl groups is 2. The maximum atomic E-state index is 11.2. The third-order valence-corrected chi connectivity index (χ3v) is 7.82. The van der Waals surface area contributed by atoms with Crippen LogP contribution in [0.4, 0.5) is 0 Å². The second-order valence-electron chi connectivity index (χ2n) is 9.16. The SMILES string of the molecule is CCCC[C@]1(O)C[C@H]2[C@@H]3CCc4cc(O)ccc4[C@H]3CC[C@]2(C)[C@H]1O. The van der Waals surface area contributed by atoms with Crippen molar-refractivity contribution in [3.8, 4) is 5.75 Å². The number of benzene rings is 1. The highest BCUT2D eigenvalue weighted by atomic mass is 16.3. The molecular weight excluding hydrogens is 312 g/mol. The molecule has 3 nitrogen and oxygen atoms in total. The number of hydrogen-bond acceptors (Lipinski definition) is 3. The molecule has 3 aliphatic carbocycles. The number of aromatic hydroxyl groups is 1. The van der Waals surface area contributed by atoms with Gasteiger partial charge in [0.2, 0.25) is 0 Å². The van der Waals surface area contributed by atoms with Crippen molar-refractivity contribution >= 4 is 0 Å². The molecule has 0 saturated heterocycles. The summed E-state index contributed by atoms with van der Waals surface area (Å²) in [6.45, 7) is 4.36. The molecule has 2 saturated carbocycles. The molecule has 3 aliphatic rings. The second-order valence-corrected chi connectivity index (χ2v) is 9.16. The van der Waals surface area contributed by atoms with Crippen LogP contribution in [0.15, 0.2) is 18.2 Å². The van der Waals surface area contributed by atoms with Gasteiger partial charge in [0.25, 0.3) is 0 Å². The van der Waals surface area contributed by atoms with Crippen molar-refractivity contribution in [2.75, 3.05) is 0 Å². The Hall–Kier alpha value is -1.06. The van der Waals surface area contributed by atoms with Crippen LogP contribution in [-0.4, -0.2) is 27.0 Å². The number of rotatable bonds is 3. The molecule has 1 aromatic rings. The van der Waals surface area contributed by atoms with E-state index in [4.69, 9.17) is 0 Å². The summed E-state index contributed by atoms with van der Waals surface area (Å²) in [5, 5.41) is 32.1. The molecule has 138 valence electrons. The van der Waals surface area contributed by atoms with Gasteiger partial charge in [-0.1, -0.05) is 32.8 Å². The van der Waals surface area contributed by atoms with Crippen LogP contribution in [0.25, 0.3) is 0 Å². The van der Waals surface area contributed by atoms with E-state index >= 15 is 0 Å². The summed E-state index contributed by atoms with van der Waals surface area (Å²) >= 11 is 0. The van der Waals surface area contributed by atoms with E-state index in [1.54, 1.807) is 0 Å². The number of aryl methyl sites for hydroxylation is 1. The molecule has 3 heteroatoms. The topological polar surface area (TPSA) is 60.7 Å². The summed E-state index contributed by atoms with van der Waals surface area (Å²) in [7, 11) is 0. The summed E-state index contributed by atoms with van der Waals surface area (Å²) < 4.78 is 0. The fourth-order valence-corrected chi connectivity index (χ4v) is 6.47. The lowest BCUT2D eigenvalue weighted by molar-refractivity contribution is -0.103. The van der Waals surface area contributed by atoms with Crippen LogP contribution < -0.4 is 0 Å². The Morgan fingerprint density at radius 1 is 1.24 bits per heavy atom. The first kappa shape index (κ1) is 17.4. The lowest BCUT2D eigenvalue weighted by atomic mass is 9.55. The van der Waals surface area contributed by atoms with Gasteiger partial charge >= 0.3 is 0 Å². The van der Waals surface area contributed by atoms with Gasteiger partial charge in [-0.15, -0.1) is 0 Å². The smallest absolute Gasteiger partial charge is 0.115 e. The molecule has 0 spiro atoms. The minimum absolute atomic E-state index is 0.155. The molecule has 0 aliphatic heterocycles. The van der Waals surface area contributed by atoms with Gasteiger partial charge in [0.05, 0.1) is 11.7 Å². The van der Waals surface area contributed by atoms with E-state index in [2.05, 4.69) is 19.9 Å². The molecule has 2 fully saturated rings. The van der Waals surface area contributed by atoms with Crippen LogP contribution in [0, 0.1) is 17.3 Å². The summed E-state index contributed by atoms with van der Waals surface area (Å²) in [6, 6.07) is 5.86. The van der Waals surface area contributed by atoms with E-state index in [0.29, 0.717) is 23.5 Å². The van der Waals surface area contributed by atoms with Crippen LogP contribution >= 0.6 is 0 Å². The van der Waals surface area contributed by atoms with Gasteiger partial charge in [0.1, 0.15) is 5.75 Å². The van der Waals surface area contributed by atoms with E-state index in [-0.39, 0.29) is 5.41 Å². The Bertz CT molecular complexity index is 657. The summed E-state index contributed by atoms with van der Waals surface area (Å²) in [4.78, 5) is 0. The molecule has 0 bridgehead atoms. The van der Waals surface area contributed by atoms with Crippen molar-refractivity contribution in [1.29, 1.82) is 0 Å². The Balaban J connectivity index is 1.65. The highest BCUT2D eigenvalue weighted by Crippen LogP contribution is 2.63.